The number of hydrogen-bond acceptors (Lipinski definition) is 7. The van der Waals surface area contributed by atoms with Crippen LogP contribution >= 0.6 is 11.3 Å². The van der Waals surface area contributed by atoms with Gasteiger partial charge in [-0.25, -0.2) is 9.50 Å². The van der Waals surface area contributed by atoms with Crippen LogP contribution in [0.2, 0.25) is 0 Å². The second kappa shape index (κ2) is 8.01. The lowest BCUT2D eigenvalue weighted by molar-refractivity contribution is -0.157. The Morgan fingerprint density at radius 3 is 2.77 bits per heavy atom. The van der Waals surface area contributed by atoms with Gasteiger partial charge in [-0.2, -0.15) is 4.98 Å². The van der Waals surface area contributed by atoms with E-state index in [1.54, 1.807) is 26.9 Å². The van der Waals surface area contributed by atoms with Crippen LogP contribution in [0.3, 0.4) is 0 Å². The summed E-state index contributed by atoms with van der Waals surface area (Å²) in [5.41, 5.74) is 0.488. The first kappa shape index (κ1) is 20.1. The van der Waals surface area contributed by atoms with Gasteiger partial charge in [-0.3, -0.25) is 9.59 Å². The van der Waals surface area contributed by atoms with Crippen molar-refractivity contribution < 1.29 is 14.3 Å². The Morgan fingerprint density at radius 1 is 1.19 bits per heavy atom. The zero-order chi connectivity index (χ0) is 21.4. The first-order valence-electron chi connectivity index (χ1n) is 10.4. The number of nitrogens with zero attached hydrogens (tertiary/aromatic N) is 6. The van der Waals surface area contributed by atoms with Gasteiger partial charge < -0.3 is 14.5 Å². The molecule has 3 aromatic rings. The number of likely N-dealkylation sites (tertiary alicyclic amines) is 1. The zero-order valence-electron chi connectivity index (χ0n) is 17.4. The highest BCUT2D eigenvalue weighted by Crippen LogP contribution is 2.31. The van der Waals surface area contributed by atoms with Gasteiger partial charge >= 0.3 is 0 Å². The molecule has 5 heterocycles. The maximum atomic E-state index is 13.0. The van der Waals surface area contributed by atoms with Crippen molar-refractivity contribution >= 4 is 28.9 Å². The number of thiophene rings is 1. The largest absolute Gasteiger partial charge is 0.371 e. The summed E-state index contributed by atoms with van der Waals surface area (Å²) in [7, 11) is 0. The fourth-order valence-electron chi connectivity index (χ4n) is 4.29. The quantitative estimate of drug-likeness (QED) is 0.614. The molecule has 0 atom stereocenters. The first-order chi connectivity index (χ1) is 15.0. The molecule has 0 saturated carbocycles. The predicted octanol–water partition coefficient (Wildman–Crippen LogP) is 1.57. The third-order valence-electron chi connectivity index (χ3n) is 6.09. The van der Waals surface area contributed by atoms with E-state index in [0.717, 1.165) is 10.6 Å². The SMILES string of the molecule is Cc1ccnc2nc(C(=O)N3CCC4(CC3)CN(C(=O)Cc3cccs3)CCO4)nn12. The van der Waals surface area contributed by atoms with E-state index in [0.29, 0.717) is 57.8 Å². The molecular formula is C21H24N6O3S. The van der Waals surface area contributed by atoms with Crippen LogP contribution in [0.5, 0.6) is 0 Å². The maximum Gasteiger partial charge on any atom is 0.293 e. The molecule has 3 aromatic heterocycles. The molecule has 0 unspecified atom stereocenters. The van der Waals surface area contributed by atoms with Crippen molar-refractivity contribution in [1.82, 2.24) is 29.4 Å². The smallest absolute Gasteiger partial charge is 0.293 e. The van der Waals surface area contributed by atoms with E-state index in [4.69, 9.17) is 4.74 Å². The second-order valence-electron chi connectivity index (χ2n) is 8.13. The summed E-state index contributed by atoms with van der Waals surface area (Å²) >= 11 is 1.61. The Balaban J connectivity index is 1.23. The number of carbonyl (C=O) groups excluding carboxylic acids is 2. The van der Waals surface area contributed by atoms with Crippen LogP contribution in [0.25, 0.3) is 5.78 Å². The van der Waals surface area contributed by atoms with Gasteiger partial charge in [-0.15, -0.1) is 16.4 Å². The number of carbonyl (C=O) groups is 2. The highest BCUT2D eigenvalue weighted by atomic mass is 32.1. The highest BCUT2D eigenvalue weighted by molar-refractivity contribution is 7.10. The van der Waals surface area contributed by atoms with Gasteiger partial charge in [0, 0.05) is 42.9 Å². The molecule has 5 rings (SSSR count). The van der Waals surface area contributed by atoms with Crippen molar-refractivity contribution in [2.75, 3.05) is 32.8 Å². The average molecular weight is 441 g/mol. The summed E-state index contributed by atoms with van der Waals surface area (Å²) in [6.07, 6.45) is 3.47. The Kier molecular flexibility index (Phi) is 5.19. The van der Waals surface area contributed by atoms with Crippen molar-refractivity contribution in [2.24, 2.45) is 0 Å². The first-order valence-corrected chi connectivity index (χ1v) is 11.3. The fraction of sp³-hybridized carbons (Fsp3) is 0.476. The molecule has 2 aliphatic rings. The summed E-state index contributed by atoms with van der Waals surface area (Å²) in [5, 5.41) is 6.32. The Bertz CT molecular complexity index is 1100. The lowest BCUT2D eigenvalue weighted by Gasteiger charge is -2.47. The van der Waals surface area contributed by atoms with Gasteiger partial charge in [0.2, 0.25) is 11.7 Å². The maximum absolute atomic E-state index is 13.0. The van der Waals surface area contributed by atoms with E-state index >= 15 is 0 Å². The molecule has 31 heavy (non-hydrogen) atoms. The van der Waals surface area contributed by atoms with Crippen LogP contribution in [-0.4, -0.2) is 79.6 Å². The van der Waals surface area contributed by atoms with E-state index in [1.807, 2.05) is 35.4 Å². The number of aryl methyl sites for hydroxylation is 1. The standard InChI is InChI=1S/C21H24N6O3S/c1-15-4-7-22-20-23-18(24-27(15)20)19(29)25-8-5-21(6-9-25)14-26(10-11-30-21)17(28)13-16-3-2-12-31-16/h2-4,7,12H,5-6,8-11,13-14H2,1H3. The van der Waals surface area contributed by atoms with E-state index in [2.05, 4.69) is 15.1 Å². The van der Waals surface area contributed by atoms with Gasteiger partial charge in [-0.05, 0) is 37.3 Å². The van der Waals surface area contributed by atoms with Crippen LogP contribution in [0.15, 0.2) is 29.8 Å². The van der Waals surface area contributed by atoms with Gasteiger partial charge in [0.25, 0.3) is 11.7 Å². The van der Waals surface area contributed by atoms with Gasteiger partial charge in [0.1, 0.15) is 0 Å². The number of fused-ring (bicyclic) bond motifs is 1. The molecule has 2 aliphatic heterocycles. The lowest BCUT2D eigenvalue weighted by Crippen LogP contribution is -2.58. The number of piperidine rings is 1. The summed E-state index contributed by atoms with van der Waals surface area (Å²) < 4.78 is 7.73. The molecule has 10 heteroatoms. The molecule has 162 valence electrons. The van der Waals surface area contributed by atoms with E-state index in [9.17, 15) is 9.59 Å². The minimum Gasteiger partial charge on any atom is -0.371 e. The number of aromatic nitrogens is 4. The molecule has 9 nitrogen and oxygen atoms in total. The lowest BCUT2D eigenvalue weighted by atomic mass is 9.89. The molecule has 0 bridgehead atoms. The zero-order valence-corrected chi connectivity index (χ0v) is 18.2. The number of hydrogen-bond donors (Lipinski definition) is 0. The van der Waals surface area contributed by atoms with Crippen LogP contribution < -0.4 is 0 Å². The van der Waals surface area contributed by atoms with Crippen molar-refractivity contribution in [3.63, 3.8) is 0 Å². The molecule has 0 N–H and O–H groups in total. The minimum absolute atomic E-state index is 0.139. The van der Waals surface area contributed by atoms with Crippen LogP contribution in [0, 0.1) is 6.92 Å². The van der Waals surface area contributed by atoms with Crippen molar-refractivity contribution in [1.29, 1.82) is 0 Å². The van der Waals surface area contributed by atoms with Crippen molar-refractivity contribution in [3.8, 4) is 0 Å². The van der Waals surface area contributed by atoms with Gasteiger partial charge in [0.15, 0.2) is 0 Å². The highest BCUT2D eigenvalue weighted by Gasteiger charge is 2.42. The Morgan fingerprint density at radius 2 is 2.03 bits per heavy atom. The van der Waals surface area contributed by atoms with E-state index < -0.39 is 0 Å². The molecular weight excluding hydrogens is 416 g/mol. The third-order valence-corrected chi connectivity index (χ3v) is 6.97. The number of rotatable bonds is 3. The second-order valence-corrected chi connectivity index (χ2v) is 9.16. The van der Waals surface area contributed by atoms with E-state index in [1.165, 1.54) is 0 Å². The Hall–Kier alpha value is -2.85. The molecule has 2 fully saturated rings. The fourth-order valence-corrected chi connectivity index (χ4v) is 4.99. The Labute approximate surface area is 183 Å². The van der Waals surface area contributed by atoms with Gasteiger partial charge in [0.05, 0.1) is 18.6 Å². The van der Waals surface area contributed by atoms with Crippen LogP contribution in [0.1, 0.15) is 34.0 Å². The molecule has 0 radical (unpaired) electrons. The normalized spacial score (nSPS) is 18.6. The molecule has 0 aromatic carbocycles. The predicted molar refractivity (Wildman–Crippen MR) is 114 cm³/mol. The summed E-state index contributed by atoms with van der Waals surface area (Å²) in [5.74, 6) is 0.531. The number of morpholine rings is 1. The van der Waals surface area contributed by atoms with E-state index in [-0.39, 0.29) is 23.2 Å². The number of amides is 2. The molecule has 1 spiro atoms. The van der Waals surface area contributed by atoms with Crippen LogP contribution in [-0.2, 0) is 16.0 Å². The minimum atomic E-state index is -0.384. The third kappa shape index (κ3) is 3.92. The average Bonchev–Trinajstić information content (AvgIpc) is 3.44. The van der Waals surface area contributed by atoms with Gasteiger partial charge in [-0.1, -0.05) is 6.07 Å². The summed E-state index contributed by atoms with van der Waals surface area (Å²) in [4.78, 5) is 38.9. The molecule has 0 aliphatic carbocycles. The summed E-state index contributed by atoms with van der Waals surface area (Å²) in [6.45, 7) is 4.72. The van der Waals surface area contributed by atoms with Crippen LogP contribution in [0.4, 0.5) is 0 Å². The monoisotopic (exact) mass is 440 g/mol. The van der Waals surface area contributed by atoms with Crippen molar-refractivity contribution in [2.45, 2.75) is 31.8 Å². The molecule has 2 saturated heterocycles. The summed E-state index contributed by atoms with van der Waals surface area (Å²) in [6, 6.07) is 5.79. The van der Waals surface area contributed by atoms with Crippen molar-refractivity contribution in [3.05, 3.63) is 46.2 Å². The number of ether oxygens (including phenoxy) is 1. The molecule has 2 amide bonds. The topological polar surface area (TPSA) is 92.9 Å².